The molecule has 1 aromatic heterocycles. The first-order chi connectivity index (χ1) is 8.09. The number of ether oxygens (including phenoxy) is 1. The third-order valence-electron chi connectivity index (χ3n) is 2.01. The highest BCUT2D eigenvalue weighted by atomic mass is 79.9. The molecule has 0 aliphatic rings. The molecule has 0 bridgehead atoms. The van der Waals surface area contributed by atoms with Crippen LogP contribution in [0.25, 0.3) is 0 Å². The van der Waals surface area contributed by atoms with Crippen molar-refractivity contribution in [3.05, 3.63) is 22.6 Å². The Bertz CT molecular complexity index is 352. The molecule has 0 aliphatic carbocycles. The Kier molecular flexibility index (Phi) is 6.25. The van der Waals surface area contributed by atoms with Crippen LogP contribution in [0.3, 0.4) is 0 Å². The molecule has 17 heavy (non-hydrogen) atoms. The first kappa shape index (κ1) is 14.2. The van der Waals surface area contributed by atoms with Crippen molar-refractivity contribution >= 4 is 21.8 Å². The lowest BCUT2D eigenvalue weighted by molar-refractivity contribution is 0.0874. The fraction of sp³-hybridized carbons (Fsp3) is 0.545. The van der Waals surface area contributed by atoms with Gasteiger partial charge in [-0.2, -0.15) is 0 Å². The number of furan rings is 1. The third-order valence-corrected chi connectivity index (χ3v) is 2.44. The fourth-order valence-electron chi connectivity index (χ4n) is 1.11. The van der Waals surface area contributed by atoms with Crippen LogP contribution in [0, 0.1) is 0 Å². The smallest absolute Gasteiger partial charge is 0.287 e. The minimum absolute atomic E-state index is 0.230. The summed E-state index contributed by atoms with van der Waals surface area (Å²) >= 11 is 3.14. The first-order valence-corrected chi connectivity index (χ1v) is 6.15. The van der Waals surface area contributed by atoms with Crippen molar-refractivity contribution in [2.24, 2.45) is 0 Å². The normalized spacial score (nSPS) is 10.8. The first-order valence-electron chi connectivity index (χ1n) is 5.35. The lowest BCUT2D eigenvalue weighted by atomic mass is 10.4. The quantitative estimate of drug-likeness (QED) is 0.773. The summed E-state index contributed by atoms with van der Waals surface area (Å²) in [5.74, 6) is 0.0667. The molecule has 1 amide bonds. The minimum Gasteiger partial charge on any atom is -0.444 e. The summed E-state index contributed by atoms with van der Waals surface area (Å²) in [7, 11) is 3.97. The standard InChI is InChI=1S/C11H17BrN2O3/c1-14(2)6-8-16-7-5-13-11(15)9-3-4-10(12)17-9/h3-4H,5-8H2,1-2H3,(H,13,15). The summed E-state index contributed by atoms with van der Waals surface area (Å²) in [6.07, 6.45) is 0. The Morgan fingerprint density at radius 1 is 1.47 bits per heavy atom. The summed E-state index contributed by atoms with van der Waals surface area (Å²) < 4.78 is 11.0. The van der Waals surface area contributed by atoms with E-state index in [1.54, 1.807) is 12.1 Å². The van der Waals surface area contributed by atoms with Gasteiger partial charge in [-0.3, -0.25) is 4.79 Å². The van der Waals surface area contributed by atoms with Crippen LogP contribution in [0.1, 0.15) is 10.6 Å². The number of hydrogen-bond acceptors (Lipinski definition) is 4. The second kappa shape index (κ2) is 7.47. The largest absolute Gasteiger partial charge is 0.444 e. The van der Waals surface area contributed by atoms with Crippen LogP contribution < -0.4 is 5.32 Å². The molecule has 96 valence electrons. The highest BCUT2D eigenvalue weighted by Crippen LogP contribution is 2.13. The monoisotopic (exact) mass is 304 g/mol. The van der Waals surface area contributed by atoms with Gasteiger partial charge in [0.15, 0.2) is 10.4 Å². The molecule has 0 unspecified atom stereocenters. The van der Waals surface area contributed by atoms with E-state index in [9.17, 15) is 4.79 Å². The summed E-state index contributed by atoms with van der Waals surface area (Å²) in [4.78, 5) is 13.6. The van der Waals surface area contributed by atoms with Crippen molar-refractivity contribution in [1.29, 1.82) is 0 Å². The van der Waals surface area contributed by atoms with Crippen molar-refractivity contribution in [3.8, 4) is 0 Å². The number of nitrogens with one attached hydrogen (secondary N) is 1. The lowest BCUT2D eigenvalue weighted by Crippen LogP contribution is -2.28. The van der Waals surface area contributed by atoms with Crippen molar-refractivity contribution in [2.75, 3.05) is 40.4 Å². The van der Waals surface area contributed by atoms with E-state index in [4.69, 9.17) is 9.15 Å². The van der Waals surface area contributed by atoms with Gasteiger partial charge in [0.2, 0.25) is 0 Å². The molecule has 1 rings (SSSR count). The van der Waals surface area contributed by atoms with E-state index in [0.29, 0.717) is 30.2 Å². The van der Waals surface area contributed by atoms with Crippen molar-refractivity contribution in [2.45, 2.75) is 0 Å². The second-order valence-electron chi connectivity index (χ2n) is 3.78. The number of amides is 1. The lowest BCUT2D eigenvalue weighted by Gasteiger charge is -2.09. The molecular formula is C11H17BrN2O3. The molecule has 6 heteroatoms. The van der Waals surface area contributed by atoms with E-state index >= 15 is 0 Å². The molecule has 0 aliphatic heterocycles. The van der Waals surface area contributed by atoms with Gasteiger partial charge >= 0.3 is 0 Å². The van der Waals surface area contributed by atoms with Gasteiger partial charge in [0, 0.05) is 13.1 Å². The van der Waals surface area contributed by atoms with Crippen LogP contribution in [0.4, 0.5) is 0 Å². The maximum Gasteiger partial charge on any atom is 0.287 e. The van der Waals surface area contributed by atoms with Crippen LogP contribution in [0.15, 0.2) is 21.2 Å². The van der Waals surface area contributed by atoms with Crippen molar-refractivity contribution in [3.63, 3.8) is 0 Å². The zero-order valence-corrected chi connectivity index (χ0v) is 11.6. The highest BCUT2D eigenvalue weighted by Gasteiger charge is 2.08. The number of nitrogens with zero attached hydrogens (tertiary/aromatic N) is 1. The molecule has 0 saturated heterocycles. The average Bonchev–Trinajstić information content (AvgIpc) is 2.69. The maximum absolute atomic E-state index is 11.5. The van der Waals surface area contributed by atoms with Gasteiger partial charge in [-0.05, 0) is 42.2 Å². The molecule has 0 spiro atoms. The van der Waals surface area contributed by atoms with E-state index in [2.05, 4.69) is 21.2 Å². The van der Waals surface area contributed by atoms with Gasteiger partial charge < -0.3 is 19.4 Å². The third kappa shape index (κ3) is 5.86. The number of carbonyl (C=O) groups excluding carboxylic acids is 1. The van der Waals surface area contributed by atoms with Gasteiger partial charge in [-0.1, -0.05) is 0 Å². The Balaban J connectivity index is 2.09. The summed E-state index contributed by atoms with van der Waals surface area (Å²) in [5.41, 5.74) is 0. The van der Waals surface area contributed by atoms with E-state index < -0.39 is 0 Å². The Labute approximate surface area is 109 Å². The van der Waals surface area contributed by atoms with Gasteiger partial charge in [0.25, 0.3) is 5.91 Å². The van der Waals surface area contributed by atoms with Crippen LogP contribution in [-0.2, 0) is 4.74 Å². The van der Waals surface area contributed by atoms with E-state index in [0.717, 1.165) is 6.54 Å². The molecule has 0 saturated carbocycles. The SMILES string of the molecule is CN(C)CCOCCNC(=O)c1ccc(Br)o1. The van der Waals surface area contributed by atoms with E-state index in [-0.39, 0.29) is 5.91 Å². The molecule has 0 atom stereocenters. The van der Waals surface area contributed by atoms with Crippen LogP contribution in [0.2, 0.25) is 0 Å². The molecule has 5 nitrogen and oxygen atoms in total. The zero-order chi connectivity index (χ0) is 12.7. The number of likely N-dealkylation sites (N-methyl/N-ethyl adjacent to an activating group) is 1. The molecular weight excluding hydrogens is 288 g/mol. The number of hydrogen-bond donors (Lipinski definition) is 1. The summed E-state index contributed by atoms with van der Waals surface area (Å²) in [6.45, 7) is 2.51. The molecule has 0 radical (unpaired) electrons. The zero-order valence-electron chi connectivity index (χ0n) is 10.0. The fourth-order valence-corrected chi connectivity index (χ4v) is 1.42. The van der Waals surface area contributed by atoms with Crippen molar-refractivity contribution in [1.82, 2.24) is 10.2 Å². The van der Waals surface area contributed by atoms with Gasteiger partial charge in [-0.15, -0.1) is 0 Å². The second-order valence-corrected chi connectivity index (χ2v) is 4.56. The Morgan fingerprint density at radius 3 is 2.82 bits per heavy atom. The van der Waals surface area contributed by atoms with Crippen molar-refractivity contribution < 1.29 is 13.9 Å². The predicted molar refractivity (Wildman–Crippen MR) is 68.1 cm³/mol. The predicted octanol–water partition coefficient (Wildman–Crippen LogP) is 1.35. The maximum atomic E-state index is 11.5. The van der Waals surface area contributed by atoms with Crippen LogP contribution in [0.5, 0.6) is 0 Å². The topological polar surface area (TPSA) is 54.7 Å². The highest BCUT2D eigenvalue weighted by molar-refractivity contribution is 9.10. The molecule has 1 heterocycles. The van der Waals surface area contributed by atoms with Crippen LogP contribution in [-0.4, -0.2) is 51.2 Å². The molecule has 0 fully saturated rings. The Morgan fingerprint density at radius 2 is 2.24 bits per heavy atom. The summed E-state index contributed by atoms with van der Waals surface area (Å²) in [6, 6.07) is 3.30. The minimum atomic E-state index is -0.230. The molecule has 1 aromatic rings. The summed E-state index contributed by atoms with van der Waals surface area (Å²) in [5, 5.41) is 2.71. The number of halogens is 1. The molecule has 0 aromatic carbocycles. The van der Waals surface area contributed by atoms with Crippen LogP contribution >= 0.6 is 15.9 Å². The number of carbonyl (C=O) groups is 1. The number of rotatable bonds is 7. The average molecular weight is 305 g/mol. The molecule has 1 N–H and O–H groups in total. The van der Waals surface area contributed by atoms with Gasteiger partial charge in [0.1, 0.15) is 0 Å². The van der Waals surface area contributed by atoms with E-state index in [1.165, 1.54) is 0 Å². The van der Waals surface area contributed by atoms with Gasteiger partial charge in [0.05, 0.1) is 13.2 Å². The van der Waals surface area contributed by atoms with E-state index in [1.807, 2.05) is 19.0 Å². The Hall–Kier alpha value is -0.850. The van der Waals surface area contributed by atoms with Gasteiger partial charge in [-0.25, -0.2) is 0 Å².